The fraction of sp³-hybridized carbons (Fsp3) is 0.214. The highest BCUT2D eigenvalue weighted by molar-refractivity contribution is 8.18. The van der Waals surface area contributed by atoms with Gasteiger partial charge in [-0.1, -0.05) is 71.3 Å². The first kappa shape index (κ1) is 24.9. The Labute approximate surface area is 214 Å². The Hall–Kier alpha value is -3.22. The van der Waals surface area contributed by atoms with E-state index in [1.807, 2.05) is 69.3 Å². The van der Waals surface area contributed by atoms with Gasteiger partial charge in [0.05, 0.1) is 23.1 Å². The number of aryl methyl sites for hydroxylation is 2. The van der Waals surface area contributed by atoms with Crippen LogP contribution in [0.3, 0.4) is 0 Å². The quantitative estimate of drug-likeness (QED) is 0.302. The van der Waals surface area contributed by atoms with Gasteiger partial charge in [0.25, 0.3) is 11.1 Å². The number of amides is 2. The van der Waals surface area contributed by atoms with Crippen molar-refractivity contribution >= 4 is 40.6 Å². The molecule has 0 atom stereocenters. The fourth-order valence-electron chi connectivity index (χ4n) is 3.69. The number of thioether (sulfide) groups is 1. The highest BCUT2D eigenvalue weighted by Crippen LogP contribution is 2.39. The van der Waals surface area contributed by atoms with Crippen LogP contribution in [-0.4, -0.2) is 22.7 Å². The number of benzene rings is 3. The number of rotatable bonds is 8. The summed E-state index contributed by atoms with van der Waals surface area (Å²) in [5, 5.41) is 0.0743. The normalized spacial score (nSPS) is 14.6. The number of ether oxygens (including phenoxy) is 2. The largest absolute Gasteiger partial charge is 0.490 e. The van der Waals surface area contributed by atoms with E-state index >= 15 is 0 Å². The van der Waals surface area contributed by atoms with Crippen LogP contribution in [0.15, 0.2) is 65.6 Å². The maximum absolute atomic E-state index is 13.0. The van der Waals surface area contributed by atoms with E-state index in [4.69, 9.17) is 21.1 Å². The fourth-order valence-corrected chi connectivity index (χ4v) is 4.81. The number of hydrogen-bond donors (Lipinski definition) is 0. The predicted octanol–water partition coefficient (Wildman–Crippen LogP) is 7.17. The first-order valence-corrected chi connectivity index (χ1v) is 12.5. The Morgan fingerprint density at radius 1 is 0.943 bits per heavy atom. The average molecular weight is 508 g/mol. The third-order valence-corrected chi connectivity index (χ3v) is 6.62. The molecule has 1 aliphatic heterocycles. The molecule has 180 valence electrons. The third-order valence-electron chi connectivity index (χ3n) is 5.43. The molecule has 0 N–H and O–H groups in total. The number of carbonyl (C=O) groups is 2. The molecule has 7 heteroatoms. The smallest absolute Gasteiger partial charge is 0.293 e. The molecule has 1 saturated heterocycles. The van der Waals surface area contributed by atoms with Crippen molar-refractivity contribution < 1.29 is 19.1 Å². The summed E-state index contributed by atoms with van der Waals surface area (Å²) in [6.45, 7) is 6.89. The summed E-state index contributed by atoms with van der Waals surface area (Å²) in [6, 6.07) is 19.3. The lowest BCUT2D eigenvalue weighted by atomic mass is 10.1. The first-order valence-electron chi connectivity index (χ1n) is 11.3. The van der Waals surface area contributed by atoms with E-state index in [1.165, 1.54) is 10.5 Å². The summed E-state index contributed by atoms with van der Waals surface area (Å²) in [5.41, 5.74) is 4.83. The molecule has 1 fully saturated rings. The van der Waals surface area contributed by atoms with Crippen LogP contribution >= 0.6 is 23.4 Å². The Bertz CT molecular complexity index is 1290. The Balaban J connectivity index is 1.55. The molecular weight excluding hydrogens is 482 g/mol. The van der Waals surface area contributed by atoms with Crippen molar-refractivity contribution in [2.45, 2.75) is 33.9 Å². The monoisotopic (exact) mass is 507 g/mol. The molecule has 0 aliphatic carbocycles. The number of halogens is 1. The minimum absolute atomic E-state index is 0.237. The Kier molecular flexibility index (Phi) is 7.83. The SMILES string of the molecule is CCOc1cc(/C=C2\SC(=O)N(Cc3cccc(C)c3)C2=O)cc(Cl)c1OCc1ccc(C)cc1. The van der Waals surface area contributed by atoms with Gasteiger partial charge in [-0.15, -0.1) is 0 Å². The van der Waals surface area contributed by atoms with Crippen molar-refractivity contribution in [3.05, 3.63) is 98.4 Å². The summed E-state index contributed by atoms with van der Waals surface area (Å²) in [6.07, 6.45) is 1.67. The maximum Gasteiger partial charge on any atom is 0.293 e. The van der Waals surface area contributed by atoms with E-state index in [9.17, 15) is 9.59 Å². The van der Waals surface area contributed by atoms with Gasteiger partial charge in [0, 0.05) is 0 Å². The van der Waals surface area contributed by atoms with Crippen LogP contribution in [0.25, 0.3) is 6.08 Å². The van der Waals surface area contributed by atoms with Gasteiger partial charge in [0.15, 0.2) is 11.5 Å². The summed E-state index contributed by atoms with van der Waals surface area (Å²) in [4.78, 5) is 27.1. The van der Waals surface area contributed by atoms with E-state index in [-0.39, 0.29) is 17.7 Å². The highest BCUT2D eigenvalue weighted by atomic mass is 35.5. The van der Waals surface area contributed by atoms with Gasteiger partial charge in [-0.2, -0.15) is 0 Å². The molecule has 0 saturated carbocycles. The molecule has 0 spiro atoms. The van der Waals surface area contributed by atoms with Gasteiger partial charge < -0.3 is 9.47 Å². The van der Waals surface area contributed by atoms with Crippen molar-refractivity contribution in [1.29, 1.82) is 0 Å². The van der Waals surface area contributed by atoms with E-state index in [2.05, 4.69) is 0 Å². The van der Waals surface area contributed by atoms with Crippen molar-refractivity contribution in [3.63, 3.8) is 0 Å². The van der Waals surface area contributed by atoms with Gasteiger partial charge in [-0.05, 0) is 67.4 Å². The highest BCUT2D eigenvalue weighted by Gasteiger charge is 2.35. The Morgan fingerprint density at radius 2 is 1.71 bits per heavy atom. The molecule has 35 heavy (non-hydrogen) atoms. The summed E-state index contributed by atoms with van der Waals surface area (Å²) in [7, 11) is 0. The molecule has 0 aromatic heterocycles. The van der Waals surface area contributed by atoms with Crippen molar-refractivity contribution in [2.24, 2.45) is 0 Å². The second kappa shape index (κ2) is 11.0. The van der Waals surface area contributed by atoms with Crippen LogP contribution in [0.4, 0.5) is 4.79 Å². The van der Waals surface area contributed by atoms with Crippen LogP contribution in [0.2, 0.25) is 5.02 Å². The maximum atomic E-state index is 13.0. The van der Waals surface area contributed by atoms with Crippen LogP contribution in [0.5, 0.6) is 11.5 Å². The number of nitrogens with zero attached hydrogens (tertiary/aromatic N) is 1. The summed E-state index contributed by atoms with van der Waals surface area (Å²) >= 11 is 7.48. The summed E-state index contributed by atoms with van der Waals surface area (Å²) < 4.78 is 11.8. The lowest BCUT2D eigenvalue weighted by molar-refractivity contribution is -0.123. The Morgan fingerprint density at radius 3 is 2.43 bits per heavy atom. The second-order valence-corrected chi connectivity index (χ2v) is 9.69. The lowest BCUT2D eigenvalue weighted by Crippen LogP contribution is -2.27. The zero-order chi connectivity index (χ0) is 24.9. The van der Waals surface area contributed by atoms with Crippen molar-refractivity contribution in [1.82, 2.24) is 4.90 Å². The number of hydrogen-bond acceptors (Lipinski definition) is 5. The van der Waals surface area contributed by atoms with Gasteiger partial charge >= 0.3 is 0 Å². The van der Waals surface area contributed by atoms with E-state index in [0.29, 0.717) is 40.2 Å². The zero-order valence-corrected chi connectivity index (χ0v) is 21.4. The van der Waals surface area contributed by atoms with Gasteiger partial charge in [0.1, 0.15) is 6.61 Å². The molecule has 1 heterocycles. The van der Waals surface area contributed by atoms with Gasteiger partial charge in [0.2, 0.25) is 0 Å². The van der Waals surface area contributed by atoms with E-state index in [0.717, 1.165) is 28.5 Å². The first-order chi connectivity index (χ1) is 16.8. The summed E-state index contributed by atoms with van der Waals surface area (Å²) in [5.74, 6) is 0.603. The molecular formula is C28H26ClNO4S. The average Bonchev–Trinajstić information content (AvgIpc) is 3.07. The molecule has 3 aromatic carbocycles. The van der Waals surface area contributed by atoms with Crippen molar-refractivity contribution in [3.8, 4) is 11.5 Å². The van der Waals surface area contributed by atoms with Gasteiger partial charge in [-0.3, -0.25) is 14.5 Å². The lowest BCUT2D eigenvalue weighted by Gasteiger charge is -2.15. The number of carbonyl (C=O) groups excluding carboxylic acids is 2. The molecule has 5 nitrogen and oxygen atoms in total. The molecule has 0 bridgehead atoms. The molecule has 3 aromatic rings. The van der Waals surface area contributed by atoms with Crippen LogP contribution < -0.4 is 9.47 Å². The van der Waals surface area contributed by atoms with Crippen molar-refractivity contribution in [2.75, 3.05) is 6.61 Å². The van der Waals surface area contributed by atoms with Crippen LogP contribution in [-0.2, 0) is 17.9 Å². The zero-order valence-electron chi connectivity index (χ0n) is 19.8. The minimum atomic E-state index is -0.324. The number of imide groups is 1. The van der Waals surface area contributed by atoms with Crippen LogP contribution in [0, 0.1) is 13.8 Å². The van der Waals surface area contributed by atoms with E-state index < -0.39 is 0 Å². The molecule has 1 aliphatic rings. The van der Waals surface area contributed by atoms with Crippen LogP contribution in [0.1, 0.15) is 34.7 Å². The molecule has 2 amide bonds. The predicted molar refractivity (Wildman–Crippen MR) is 141 cm³/mol. The standard InChI is InChI=1S/C28H26ClNO4S/c1-4-33-24-14-22(13-23(29)26(24)34-17-20-10-8-18(2)9-11-20)15-25-27(31)30(28(32)35-25)16-21-7-5-6-19(3)12-21/h5-15H,4,16-17H2,1-3H3/b25-15-. The molecule has 4 rings (SSSR count). The second-order valence-electron chi connectivity index (χ2n) is 8.29. The minimum Gasteiger partial charge on any atom is -0.490 e. The van der Waals surface area contributed by atoms with E-state index in [1.54, 1.807) is 18.2 Å². The molecule has 0 unspecified atom stereocenters. The molecule has 0 radical (unpaired) electrons. The topological polar surface area (TPSA) is 55.8 Å². The van der Waals surface area contributed by atoms with Gasteiger partial charge in [-0.25, -0.2) is 0 Å². The third kappa shape index (κ3) is 6.08.